The summed E-state index contributed by atoms with van der Waals surface area (Å²) in [5.74, 6) is -2.63. The number of hydrogen-bond donors (Lipinski definition) is 1. The van der Waals surface area contributed by atoms with Gasteiger partial charge in [-0.3, -0.25) is 9.69 Å². The molecule has 1 spiro atoms. The fourth-order valence-electron chi connectivity index (χ4n) is 3.32. The number of rotatable bonds is 5. The fourth-order valence-corrected chi connectivity index (χ4v) is 3.93. The standard InChI is InChI=1S/C15H23N3O2S.C2HF3O2/c1-3-20-9-14(19)17-6-4-15(11-17)5-7-18(15)8-13-10-21-12(2)16-13;3-2(4,5)1(6)7/h10H,3-9,11H2,1-2H3;(H,6,7). The highest BCUT2D eigenvalue weighted by Gasteiger charge is 2.50. The Kier molecular flexibility index (Phi) is 7.40. The zero-order chi connectivity index (χ0) is 20.9. The van der Waals surface area contributed by atoms with Gasteiger partial charge in [0, 0.05) is 43.7 Å². The first-order valence-electron chi connectivity index (χ1n) is 8.89. The second-order valence-electron chi connectivity index (χ2n) is 6.76. The number of aliphatic carboxylic acids is 1. The van der Waals surface area contributed by atoms with Crippen LogP contribution in [0.5, 0.6) is 0 Å². The maximum Gasteiger partial charge on any atom is 0.490 e. The number of likely N-dealkylation sites (tertiary alicyclic amines) is 2. The molecular weight excluding hydrogens is 399 g/mol. The van der Waals surface area contributed by atoms with Crippen molar-refractivity contribution >= 4 is 23.2 Å². The molecule has 0 aliphatic carbocycles. The Morgan fingerprint density at radius 1 is 1.36 bits per heavy atom. The summed E-state index contributed by atoms with van der Waals surface area (Å²) < 4.78 is 37.0. The lowest BCUT2D eigenvalue weighted by Crippen LogP contribution is -2.60. The van der Waals surface area contributed by atoms with Crippen LogP contribution < -0.4 is 0 Å². The maximum atomic E-state index is 12.1. The minimum atomic E-state index is -5.08. The second-order valence-corrected chi connectivity index (χ2v) is 7.82. The van der Waals surface area contributed by atoms with E-state index in [0.29, 0.717) is 6.61 Å². The van der Waals surface area contributed by atoms with Crippen LogP contribution in [-0.2, 0) is 20.9 Å². The SMILES string of the molecule is CCOCC(=O)N1CCC2(CCN2Cc2csc(C)n2)C1.O=C(O)C(F)(F)F. The summed E-state index contributed by atoms with van der Waals surface area (Å²) >= 11 is 1.71. The number of carboxylic acids is 1. The number of ether oxygens (including phenoxy) is 1. The molecule has 2 aliphatic heterocycles. The van der Waals surface area contributed by atoms with Crippen LogP contribution in [0.2, 0.25) is 0 Å². The van der Waals surface area contributed by atoms with Crippen molar-refractivity contribution < 1.29 is 32.6 Å². The molecule has 2 fully saturated rings. The van der Waals surface area contributed by atoms with Crippen molar-refractivity contribution in [1.82, 2.24) is 14.8 Å². The topological polar surface area (TPSA) is 83.0 Å². The van der Waals surface area contributed by atoms with E-state index in [1.807, 2.05) is 18.7 Å². The molecule has 0 bridgehead atoms. The highest BCUT2D eigenvalue weighted by molar-refractivity contribution is 7.09. The molecule has 2 saturated heterocycles. The lowest BCUT2D eigenvalue weighted by molar-refractivity contribution is -0.192. The molecule has 0 radical (unpaired) electrons. The molecule has 7 nitrogen and oxygen atoms in total. The van der Waals surface area contributed by atoms with E-state index in [2.05, 4.69) is 15.3 Å². The zero-order valence-electron chi connectivity index (χ0n) is 15.8. The van der Waals surface area contributed by atoms with Crippen LogP contribution in [0.25, 0.3) is 0 Å². The monoisotopic (exact) mass is 423 g/mol. The van der Waals surface area contributed by atoms with Gasteiger partial charge in [0.1, 0.15) is 6.61 Å². The third-order valence-corrected chi connectivity index (χ3v) is 5.72. The van der Waals surface area contributed by atoms with Crippen LogP contribution in [0.1, 0.15) is 30.5 Å². The first-order valence-corrected chi connectivity index (χ1v) is 9.77. The van der Waals surface area contributed by atoms with Crippen LogP contribution in [0.15, 0.2) is 5.38 Å². The van der Waals surface area contributed by atoms with Crippen LogP contribution in [0.3, 0.4) is 0 Å². The quantitative estimate of drug-likeness (QED) is 0.783. The first-order chi connectivity index (χ1) is 13.1. The molecule has 1 aromatic heterocycles. The van der Waals surface area contributed by atoms with Crippen molar-refractivity contribution in [1.29, 1.82) is 0 Å². The molecule has 158 valence electrons. The molecule has 28 heavy (non-hydrogen) atoms. The van der Waals surface area contributed by atoms with Crippen LogP contribution in [-0.4, -0.2) is 76.3 Å². The van der Waals surface area contributed by atoms with Gasteiger partial charge in [-0.1, -0.05) is 0 Å². The van der Waals surface area contributed by atoms with E-state index in [0.717, 1.165) is 43.3 Å². The van der Waals surface area contributed by atoms with Gasteiger partial charge < -0.3 is 14.7 Å². The summed E-state index contributed by atoms with van der Waals surface area (Å²) in [4.78, 5) is 30.0. The molecule has 3 rings (SSSR count). The normalized spacial score (nSPS) is 22.0. The smallest absolute Gasteiger partial charge is 0.475 e. The third-order valence-electron chi connectivity index (χ3n) is 4.89. The number of carbonyl (C=O) groups is 2. The molecule has 2 aliphatic rings. The van der Waals surface area contributed by atoms with Gasteiger partial charge in [0.05, 0.1) is 10.7 Å². The highest BCUT2D eigenvalue weighted by Crippen LogP contribution is 2.40. The van der Waals surface area contributed by atoms with Gasteiger partial charge >= 0.3 is 12.1 Å². The van der Waals surface area contributed by atoms with E-state index < -0.39 is 12.1 Å². The Balaban J connectivity index is 0.000000345. The zero-order valence-corrected chi connectivity index (χ0v) is 16.6. The summed E-state index contributed by atoms with van der Waals surface area (Å²) in [6.45, 7) is 8.52. The van der Waals surface area contributed by atoms with E-state index in [4.69, 9.17) is 14.6 Å². The third kappa shape index (κ3) is 5.65. The first kappa shape index (κ1) is 22.6. The number of alkyl halides is 3. The van der Waals surface area contributed by atoms with Crippen molar-refractivity contribution in [2.24, 2.45) is 0 Å². The highest BCUT2D eigenvalue weighted by atomic mass is 32.1. The molecule has 11 heteroatoms. The van der Waals surface area contributed by atoms with Gasteiger partial charge in [-0.05, 0) is 26.7 Å². The summed E-state index contributed by atoms with van der Waals surface area (Å²) in [5, 5.41) is 10.4. The van der Waals surface area contributed by atoms with Gasteiger partial charge in [0.25, 0.3) is 0 Å². The number of halogens is 3. The molecule has 1 aromatic rings. The molecule has 1 amide bonds. The van der Waals surface area contributed by atoms with Crippen LogP contribution in [0, 0.1) is 6.92 Å². The number of thiazole rings is 1. The van der Waals surface area contributed by atoms with Crippen molar-refractivity contribution in [3.05, 3.63) is 16.1 Å². The molecule has 3 heterocycles. The van der Waals surface area contributed by atoms with Gasteiger partial charge in [0.2, 0.25) is 5.91 Å². The molecule has 0 aromatic carbocycles. The second kappa shape index (κ2) is 9.19. The Labute approximate surface area is 165 Å². The lowest BCUT2D eigenvalue weighted by Gasteiger charge is -2.50. The lowest BCUT2D eigenvalue weighted by atomic mass is 9.83. The predicted molar refractivity (Wildman–Crippen MR) is 96.0 cm³/mol. The predicted octanol–water partition coefficient (Wildman–Crippen LogP) is 2.30. The molecular formula is C17H24F3N3O4S. The molecule has 0 saturated carbocycles. The number of carbonyl (C=O) groups excluding carboxylic acids is 1. The summed E-state index contributed by atoms with van der Waals surface area (Å²) in [6.07, 6.45) is -2.82. The molecule has 1 unspecified atom stereocenters. The van der Waals surface area contributed by atoms with Gasteiger partial charge in [-0.25, -0.2) is 9.78 Å². The average Bonchev–Trinajstić information content (AvgIpc) is 3.24. The number of amides is 1. The average molecular weight is 423 g/mol. The van der Waals surface area contributed by atoms with Crippen molar-refractivity contribution in [2.75, 3.05) is 32.8 Å². The van der Waals surface area contributed by atoms with Gasteiger partial charge in [-0.15, -0.1) is 11.3 Å². The largest absolute Gasteiger partial charge is 0.490 e. The number of nitrogens with zero attached hydrogens (tertiary/aromatic N) is 3. The van der Waals surface area contributed by atoms with E-state index in [-0.39, 0.29) is 18.1 Å². The van der Waals surface area contributed by atoms with E-state index in [1.165, 1.54) is 6.42 Å². The molecule has 1 atom stereocenters. The van der Waals surface area contributed by atoms with E-state index >= 15 is 0 Å². The minimum absolute atomic E-state index is 0.130. The summed E-state index contributed by atoms with van der Waals surface area (Å²) in [5.41, 5.74) is 1.36. The van der Waals surface area contributed by atoms with Gasteiger partial charge in [0.15, 0.2) is 0 Å². The van der Waals surface area contributed by atoms with Crippen LogP contribution >= 0.6 is 11.3 Å². The Morgan fingerprint density at radius 3 is 2.46 bits per heavy atom. The number of carboxylic acid groups (broad SMARTS) is 1. The number of aryl methyl sites for hydroxylation is 1. The number of aromatic nitrogens is 1. The van der Waals surface area contributed by atoms with Crippen LogP contribution in [0.4, 0.5) is 13.2 Å². The minimum Gasteiger partial charge on any atom is -0.475 e. The Hall–Kier alpha value is -1.72. The van der Waals surface area contributed by atoms with Crippen molar-refractivity contribution in [3.8, 4) is 0 Å². The summed E-state index contributed by atoms with van der Waals surface area (Å²) in [7, 11) is 0. The Bertz CT molecular complexity index is 697. The summed E-state index contributed by atoms with van der Waals surface area (Å²) in [6, 6.07) is 0. The van der Waals surface area contributed by atoms with Crippen molar-refractivity contribution in [2.45, 2.75) is 44.9 Å². The Morgan fingerprint density at radius 2 is 2.00 bits per heavy atom. The number of hydrogen-bond acceptors (Lipinski definition) is 6. The van der Waals surface area contributed by atoms with E-state index in [1.54, 1.807) is 11.3 Å². The fraction of sp³-hybridized carbons (Fsp3) is 0.706. The van der Waals surface area contributed by atoms with Gasteiger partial charge in [-0.2, -0.15) is 13.2 Å². The maximum absolute atomic E-state index is 12.1. The molecule has 1 N–H and O–H groups in total. The van der Waals surface area contributed by atoms with Crippen molar-refractivity contribution in [3.63, 3.8) is 0 Å². The van der Waals surface area contributed by atoms with E-state index in [9.17, 15) is 18.0 Å².